The fourth-order valence-electron chi connectivity index (χ4n) is 1.69. The molecule has 0 spiro atoms. The summed E-state index contributed by atoms with van der Waals surface area (Å²) < 4.78 is 15.0. The molecular formula is C13H19NO4. The summed E-state index contributed by atoms with van der Waals surface area (Å²) in [6.45, 7) is 0.353. The van der Waals surface area contributed by atoms with Crippen LogP contribution in [0.2, 0.25) is 0 Å². The van der Waals surface area contributed by atoms with E-state index in [9.17, 15) is 4.79 Å². The summed E-state index contributed by atoms with van der Waals surface area (Å²) >= 11 is 0. The van der Waals surface area contributed by atoms with E-state index in [-0.39, 0.29) is 18.3 Å². The van der Waals surface area contributed by atoms with E-state index in [1.807, 2.05) is 12.1 Å². The lowest BCUT2D eigenvalue weighted by atomic mass is 9.95. The first-order valence-corrected chi connectivity index (χ1v) is 5.64. The number of ether oxygens (including phenoxy) is 3. The molecule has 5 nitrogen and oxygen atoms in total. The summed E-state index contributed by atoms with van der Waals surface area (Å²) in [5.74, 6) is 0.953. The zero-order valence-corrected chi connectivity index (χ0v) is 10.9. The zero-order chi connectivity index (χ0) is 13.5. The van der Waals surface area contributed by atoms with Crippen LogP contribution in [0.15, 0.2) is 18.2 Å². The third-order valence-corrected chi connectivity index (χ3v) is 2.77. The van der Waals surface area contributed by atoms with Gasteiger partial charge in [-0.25, -0.2) is 0 Å². The molecule has 100 valence electrons. The highest BCUT2D eigenvalue weighted by Crippen LogP contribution is 2.28. The molecule has 0 radical (unpaired) electrons. The highest BCUT2D eigenvalue weighted by molar-refractivity contribution is 5.70. The Labute approximate surface area is 107 Å². The molecule has 0 bridgehead atoms. The maximum absolute atomic E-state index is 11.3. The van der Waals surface area contributed by atoms with Crippen LogP contribution in [0.1, 0.15) is 17.9 Å². The van der Waals surface area contributed by atoms with Gasteiger partial charge in [0, 0.05) is 12.0 Å². The van der Waals surface area contributed by atoms with E-state index < -0.39 is 0 Å². The number of benzene rings is 1. The van der Waals surface area contributed by atoms with Gasteiger partial charge < -0.3 is 19.9 Å². The van der Waals surface area contributed by atoms with Gasteiger partial charge in [-0.05, 0) is 24.2 Å². The monoisotopic (exact) mass is 253 g/mol. The topological polar surface area (TPSA) is 70.8 Å². The Hall–Kier alpha value is -1.75. The molecule has 0 amide bonds. The van der Waals surface area contributed by atoms with Crippen LogP contribution < -0.4 is 15.2 Å². The van der Waals surface area contributed by atoms with Gasteiger partial charge in [0.15, 0.2) is 0 Å². The van der Waals surface area contributed by atoms with Crippen LogP contribution in [0.4, 0.5) is 0 Å². The molecule has 0 aliphatic rings. The molecule has 2 N–H and O–H groups in total. The van der Waals surface area contributed by atoms with Gasteiger partial charge in [0.05, 0.1) is 27.8 Å². The third-order valence-electron chi connectivity index (χ3n) is 2.77. The molecule has 0 aliphatic carbocycles. The number of hydrogen-bond acceptors (Lipinski definition) is 5. The number of esters is 1. The highest BCUT2D eigenvalue weighted by Gasteiger charge is 2.16. The van der Waals surface area contributed by atoms with Gasteiger partial charge in [-0.15, -0.1) is 0 Å². The van der Waals surface area contributed by atoms with Crippen molar-refractivity contribution in [1.29, 1.82) is 0 Å². The second kappa shape index (κ2) is 6.86. The van der Waals surface area contributed by atoms with Crippen LogP contribution in [0, 0.1) is 0 Å². The summed E-state index contributed by atoms with van der Waals surface area (Å²) in [5, 5.41) is 0. The van der Waals surface area contributed by atoms with Crippen molar-refractivity contribution in [2.75, 3.05) is 27.9 Å². The molecular weight excluding hydrogens is 234 g/mol. The fraction of sp³-hybridized carbons (Fsp3) is 0.462. The van der Waals surface area contributed by atoms with Gasteiger partial charge in [0.2, 0.25) is 0 Å². The average Bonchev–Trinajstić information content (AvgIpc) is 2.43. The lowest BCUT2D eigenvalue weighted by molar-refractivity contribution is -0.141. The van der Waals surface area contributed by atoms with Crippen LogP contribution in [0.5, 0.6) is 11.5 Å². The summed E-state index contributed by atoms with van der Waals surface area (Å²) in [4.78, 5) is 11.3. The third kappa shape index (κ3) is 3.63. The molecule has 0 saturated carbocycles. The Bertz CT molecular complexity index is 384. The number of nitrogens with two attached hydrogens (primary N) is 1. The van der Waals surface area contributed by atoms with Gasteiger partial charge in [0.1, 0.15) is 11.5 Å². The summed E-state index contributed by atoms with van der Waals surface area (Å²) in [7, 11) is 4.52. The van der Waals surface area contributed by atoms with Crippen molar-refractivity contribution < 1.29 is 19.0 Å². The summed E-state index contributed by atoms with van der Waals surface area (Å²) in [6.07, 6.45) is 0.239. The van der Waals surface area contributed by atoms with Gasteiger partial charge in [0.25, 0.3) is 0 Å². The highest BCUT2D eigenvalue weighted by atomic mass is 16.5. The molecule has 1 rings (SSSR count). The van der Waals surface area contributed by atoms with Crippen LogP contribution in [-0.2, 0) is 9.53 Å². The van der Waals surface area contributed by atoms with Crippen molar-refractivity contribution in [2.45, 2.75) is 12.3 Å². The molecule has 0 fully saturated rings. The molecule has 5 heteroatoms. The minimum atomic E-state index is -0.285. The largest absolute Gasteiger partial charge is 0.497 e. The van der Waals surface area contributed by atoms with Gasteiger partial charge in [-0.3, -0.25) is 4.79 Å². The first-order valence-electron chi connectivity index (χ1n) is 5.64. The van der Waals surface area contributed by atoms with E-state index >= 15 is 0 Å². The molecule has 0 aromatic heterocycles. The first kappa shape index (κ1) is 14.3. The van der Waals surface area contributed by atoms with Crippen LogP contribution in [0.3, 0.4) is 0 Å². The van der Waals surface area contributed by atoms with E-state index in [2.05, 4.69) is 4.74 Å². The quantitative estimate of drug-likeness (QED) is 0.774. The molecule has 1 aromatic rings. The molecule has 1 aromatic carbocycles. The minimum Gasteiger partial charge on any atom is -0.497 e. The second-order valence-corrected chi connectivity index (χ2v) is 3.86. The molecule has 0 aliphatic heterocycles. The van der Waals surface area contributed by atoms with Gasteiger partial charge in [-0.2, -0.15) is 0 Å². The SMILES string of the molecule is COC(=O)CC(CN)c1cc(OC)cc(OC)c1. The molecule has 0 saturated heterocycles. The number of carbonyl (C=O) groups excluding carboxylic acids is 1. The predicted octanol–water partition coefficient (Wildman–Crippen LogP) is 1.31. The number of hydrogen-bond donors (Lipinski definition) is 1. The predicted molar refractivity (Wildman–Crippen MR) is 68.0 cm³/mol. The average molecular weight is 253 g/mol. The van der Waals surface area contributed by atoms with Crippen molar-refractivity contribution in [3.05, 3.63) is 23.8 Å². The molecule has 1 unspecified atom stereocenters. The Morgan fingerprint density at radius 1 is 1.17 bits per heavy atom. The van der Waals surface area contributed by atoms with Crippen molar-refractivity contribution in [2.24, 2.45) is 5.73 Å². The Morgan fingerprint density at radius 3 is 2.11 bits per heavy atom. The number of carbonyl (C=O) groups is 1. The standard InChI is InChI=1S/C13H19NO4/c1-16-11-4-9(5-12(7-11)17-2)10(8-14)6-13(15)18-3/h4-5,7,10H,6,8,14H2,1-3H3. The Morgan fingerprint density at radius 2 is 1.72 bits per heavy atom. The van der Waals surface area contributed by atoms with Crippen LogP contribution in [-0.4, -0.2) is 33.8 Å². The van der Waals surface area contributed by atoms with Crippen molar-refractivity contribution >= 4 is 5.97 Å². The molecule has 1 atom stereocenters. The van der Waals surface area contributed by atoms with E-state index in [1.165, 1.54) is 7.11 Å². The van der Waals surface area contributed by atoms with Crippen LogP contribution in [0.25, 0.3) is 0 Å². The van der Waals surface area contributed by atoms with E-state index in [0.29, 0.717) is 18.0 Å². The van der Waals surface area contributed by atoms with E-state index in [1.54, 1.807) is 20.3 Å². The van der Waals surface area contributed by atoms with Crippen molar-refractivity contribution in [1.82, 2.24) is 0 Å². The van der Waals surface area contributed by atoms with Crippen LogP contribution >= 0.6 is 0 Å². The lowest BCUT2D eigenvalue weighted by Gasteiger charge is -2.16. The Kier molecular flexibility index (Phi) is 5.45. The lowest BCUT2D eigenvalue weighted by Crippen LogP contribution is -2.17. The maximum Gasteiger partial charge on any atom is 0.306 e. The van der Waals surface area contributed by atoms with E-state index in [4.69, 9.17) is 15.2 Å². The zero-order valence-electron chi connectivity index (χ0n) is 10.9. The van der Waals surface area contributed by atoms with E-state index in [0.717, 1.165) is 5.56 Å². The minimum absolute atomic E-state index is 0.110. The number of rotatable bonds is 6. The van der Waals surface area contributed by atoms with Crippen molar-refractivity contribution in [3.63, 3.8) is 0 Å². The normalized spacial score (nSPS) is 11.8. The smallest absolute Gasteiger partial charge is 0.306 e. The molecule has 18 heavy (non-hydrogen) atoms. The fourth-order valence-corrected chi connectivity index (χ4v) is 1.69. The number of methoxy groups -OCH3 is 3. The van der Waals surface area contributed by atoms with Gasteiger partial charge >= 0.3 is 5.97 Å². The molecule has 0 heterocycles. The summed E-state index contributed by atoms with van der Waals surface area (Å²) in [5.41, 5.74) is 6.60. The first-order chi connectivity index (χ1) is 8.64. The Balaban J connectivity index is 3.00. The van der Waals surface area contributed by atoms with Crippen molar-refractivity contribution in [3.8, 4) is 11.5 Å². The summed E-state index contributed by atoms with van der Waals surface area (Å²) in [6, 6.07) is 5.47. The maximum atomic E-state index is 11.3. The second-order valence-electron chi connectivity index (χ2n) is 3.86. The van der Waals surface area contributed by atoms with Gasteiger partial charge in [-0.1, -0.05) is 0 Å².